The Labute approximate surface area is 137 Å². The number of thiazole rings is 1. The van der Waals surface area contributed by atoms with Gasteiger partial charge < -0.3 is 0 Å². The van der Waals surface area contributed by atoms with Crippen LogP contribution in [0.2, 0.25) is 0 Å². The molecule has 0 aliphatic heterocycles. The highest BCUT2D eigenvalue weighted by atomic mass is 32.2. The van der Waals surface area contributed by atoms with E-state index in [1.165, 1.54) is 30.4 Å². The topological polar surface area (TPSA) is 16.1 Å². The maximum absolute atomic E-state index is 4.77. The van der Waals surface area contributed by atoms with Crippen molar-refractivity contribution in [2.75, 3.05) is 6.54 Å². The van der Waals surface area contributed by atoms with Gasteiger partial charge in [-0.1, -0.05) is 38.8 Å². The molecule has 21 heavy (non-hydrogen) atoms. The second kappa shape index (κ2) is 7.61. The van der Waals surface area contributed by atoms with Crippen molar-refractivity contribution in [3.63, 3.8) is 0 Å². The summed E-state index contributed by atoms with van der Waals surface area (Å²) in [6, 6.07) is 8.40. The molecule has 1 heterocycles. The molecule has 2 nitrogen and oxygen atoms in total. The number of nitrogens with zero attached hydrogens (tertiary/aromatic N) is 2. The second-order valence-corrected chi connectivity index (χ2v) is 8.36. The molecule has 0 amide bonds. The molecule has 0 atom stereocenters. The van der Waals surface area contributed by atoms with Gasteiger partial charge in [-0.3, -0.25) is 0 Å². The molecule has 116 valence electrons. The Morgan fingerprint density at radius 2 is 1.95 bits per heavy atom. The second-order valence-electron chi connectivity index (χ2n) is 6.06. The smallest absolute Gasteiger partial charge is 0.166 e. The lowest BCUT2D eigenvalue weighted by atomic mass is 9.97. The molecule has 0 bridgehead atoms. The Morgan fingerprint density at radius 1 is 1.19 bits per heavy atom. The zero-order valence-corrected chi connectivity index (χ0v) is 15.2. The molecule has 0 spiro atoms. The molecule has 0 fully saturated rings. The Balaban J connectivity index is 2.14. The van der Waals surface area contributed by atoms with Crippen LogP contribution >= 0.6 is 23.3 Å². The number of fused-ring (bicyclic) bond motifs is 1. The van der Waals surface area contributed by atoms with E-state index >= 15 is 0 Å². The third-order valence-corrected chi connectivity index (χ3v) is 6.16. The van der Waals surface area contributed by atoms with E-state index < -0.39 is 0 Å². The highest BCUT2D eigenvalue weighted by Gasteiger charge is 2.27. The quantitative estimate of drug-likeness (QED) is 0.556. The maximum atomic E-state index is 4.77. The summed E-state index contributed by atoms with van der Waals surface area (Å²) in [5.74, 6) is 0. The van der Waals surface area contributed by atoms with Gasteiger partial charge in [-0.05, 0) is 50.8 Å². The van der Waals surface area contributed by atoms with Gasteiger partial charge in [0.2, 0.25) is 0 Å². The first-order valence-electron chi connectivity index (χ1n) is 7.88. The predicted octanol–water partition coefficient (Wildman–Crippen LogP) is 5.98. The molecule has 0 unspecified atom stereocenters. The molecule has 1 aromatic carbocycles. The van der Waals surface area contributed by atoms with E-state index in [-0.39, 0.29) is 5.54 Å². The first-order chi connectivity index (χ1) is 10.1. The van der Waals surface area contributed by atoms with Crippen molar-refractivity contribution in [3.05, 3.63) is 24.3 Å². The number of aromatic nitrogens is 1. The molecule has 0 saturated carbocycles. The van der Waals surface area contributed by atoms with E-state index in [0.717, 1.165) is 16.4 Å². The fourth-order valence-electron chi connectivity index (χ4n) is 2.39. The minimum absolute atomic E-state index is 0.217. The van der Waals surface area contributed by atoms with Crippen molar-refractivity contribution in [3.8, 4) is 0 Å². The average Bonchev–Trinajstić information content (AvgIpc) is 2.87. The summed E-state index contributed by atoms with van der Waals surface area (Å²) in [6.45, 7) is 10.3. The van der Waals surface area contributed by atoms with Crippen LogP contribution in [0.5, 0.6) is 0 Å². The van der Waals surface area contributed by atoms with Gasteiger partial charge in [0.05, 0.1) is 10.2 Å². The van der Waals surface area contributed by atoms with Crippen LogP contribution in [-0.2, 0) is 0 Å². The van der Waals surface area contributed by atoms with E-state index in [2.05, 4.69) is 56.3 Å². The zero-order valence-electron chi connectivity index (χ0n) is 13.6. The largest absolute Gasteiger partial charge is 0.239 e. The van der Waals surface area contributed by atoms with Gasteiger partial charge >= 0.3 is 0 Å². The molecule has 0 N–H and O–H groups in total. The van der Waals surface area contributed by atoms with Crippen LogP contribution < -0.4 is 0 Å². The summed E-state index contributed by atoms with van der Waals surface area (Å²) in [6.07, 6.45) is 4.96. The Kier molecular flexibility index (Phi) is 6.08. The molecule has 0 saturated heterocycles. The summed E-state index contributed by atoms with van der Waals surface area (Å²) in [5.41, 5.74) is 1.34. The number of hydrogen-bond acceptors (Lipinski definition) is 4. The number of rotatable bonds is 8. The summed E-state index contributed by atoms with van der Waals surface area (Å²) in [7, 11) is 0. The predicted molar refractivity (Wildman–Crippen MR) is 96.1 cm³/mol. The number of para-hydroxylation sites is 1. The molecular formula is C17H26N2S2. The lowest BCUT2D eigenvalue weighted by Crippen LogP contribution is -2.39. The van der Waals surface area contributed by atoms with Crippen LogP contribution in [-0.4, -0.2) is 21.4 Å². The number of hydrogen-bond donors (Lipinski definition) is 0. The van der Waals surface area contributed by atoms with Crippen molar-refractivity contribution in [1.82, 2.24) is 9.29 Å². The first-order valence-corrected chi connectivity index (χ1v) is 9.47. The van der Waals surface area contributed by atoms with Crippen molar-refractivity contribution < 1.29 is 0 Å². The Morgan fingerprint density at radius 3 is 2.62 bits per heavy atom. The molecule has 0 aliphatic rings. The Hall–Kier alpha value is -0.580. The molecular weight excluding hydrogens is 296 g/mol. The maximum Gasteiger partial charge on any atom is 0.166 e. The zero-order chi connectivity index (χ0) is 15.3. The standard InChI is InChI=1S/C17H26N2S2/c1-5-7-12-17(3,4)19(13-6-2)21-16-18-14-10-8-9-11-15(14)20-16/h8-11H,5-7,12-13H2,1-4H3. The summed E-state index contributed by atoms with van der Waals surface area (Å²) < 4.78 is 4.97. The molecule has 2 aromatic rings. The monoisotopic (exact) mass is 322 g/mol. The van der Waals surface area contributed by atoms with Crippen molar-refractivity contribution in [1.29, 1.82) is 0 Å². The Bertz CT molecular complexity index is 530. The summed E-state index contributed by atoms with van der Waals surface area (Å²) >= 11 is 3.64. The van der Waals surface area contributed by atoms with E-state index in [0.29, 0.717) is 0 Å². The number of unbranched alkanes of at least 4 members (excludes halogenated alkanes) is 1. The lowest BCUT2D eigenvalue weighted by molar-refractivity contribution is 0.227. The van der Waals surface area contributed by atoms with E-state index in [4.69, 9.17) is 4.98 Å². The van der Waals surface area contributed by atoms with Crippen LogP contribution in [0.15, 0.2) is 28.6 Å². The van der Waals surface area contributed by atoms with Gasteiger partial charge in [0.25, 0.3) is 0 Å². The molecule has 2 rings (SSSR count). The van der Waals surface area contributed by atoms with E-state index in [1.807, 2.05) is 11.9 Å². The minimum atomic E-state index is 0.217. The molecule has 4 heteroatoms. The first kappa shape index (κ1) is 16.8. The summed E-state index contributed by atoms with van der Waals surface area (Å²) in [4.78, 5) is 4.77. The van der Waals surface area contributed by atoms with Crippen LogP contribution in [0, 0.1) is 0 Å². The van der Waals surface area contributed by atoms with Gasteiger partial charge in [-0.2, -0.15) is 0 Å². The highest BCUT2D eigenvalue weighted by molar-refractivity contribution is 7.99. The number of benzene rings is 1. The van der Waals surface area contributed by atoms with Crippen molar-refractivity contribution in [2.45, 2.75) is 63.3 Å². The van der Waals surface area contributed by atoms with Gasteiger partial charge in [-0.25, -0.2) is 9.29 Å². The van der Waals surface area contributed by atoms with Crippen LogP contribution in [0.25, 0.3) is 10.2 Å². The van der Waals surface area contributed by atoms with Gasteiger partial charge in [0.15, 0.2) is 4.34 Å². The van der Waals surface area contributed by atoms with Crippen LogP contribution in [0.4, 0.5) is 0 Å². The fourth-order valence-corrected chi connectivity index (χ4v) is 4.72. The molecule has 0 radical (unpaired) electrons. The van der Waals surface area contributed by atoms with Gasteiger partial charge in [0.1, 0.15) is 0 Å². The fraction of sp³-hybridized carbons (Fsp3) is 0.588. The van der Waals surface area contributed by atoms with Gasteiger partial charge in [0, 0.05) is 12.1 Å². The average molecular weight is 323 g/mol. The van der Waals surface area contributed by atoms with Gasteiger partial charge in [-0.15, -0.1) is 11.3 Å². The van der Waals surface area contributed by atoms with E-state index in [1.54, 1.807) is 11.3 Å². The highest BCUT2D eigenvalue weighted by Crippen LogP contribution is 2.37. The van der Waals surface area contributed by atoms with E-state index in [9.17, 15) is 0 Å². The van der Waals surface area contributed by atoms with Crippen molar-refractivity contribution in [2.24, 2.45) is 0 Å². The van der Waals surface area contributed by atoms with Crippen molar-refractivity contribution >= 4 is 33.5 Å². The summed E-state index contributed by atoms with van der Waals surface area (Å²) in [5, 5.41) is 0. The SMILES string of the molecule is CCCCC(C)(C)N(CCC)Sc1nc2ccccc2s1. The third kappa shape index (κ3) is 4.44. The minimum Gasteiger partial charge on any atom is -0.239 e. The lowest BCUT2D eigenvalue weighted by Gasteiger charge is -2.36. The normalized spacial score (nSPS) is 12.4. The van der Waals surface area contributed by atoms with Crippen LogP contribution in [0.3, 0.4) is 0 Å². The molecule has 0 aliphatic carbocycles. The van der Waals surface area contributed by atoms with Crippen LogP contribution in [0.1, 0.15) is 53.4 Å². The molecule has 1 aromatic heterocycles. The third-order valence-electron chi connectivity index (χ3n) is 3.71.